The van der Waals surface area contributed by atoms with Gasteiger partial charge in [0.05, 0.1) is 17.9 Å². The number of halogens is 3. The number of aromatic carboxylic acids is 1. The Morgan fingerprint density at radius 3 is 2.51 bits per heavy atom. The van der Waals surface area contributed by atoms with Crippen LogP contribution in [0.5, 0.6) is 0 Å². The van der Waals surface area contributed by atoms with Crippen LogP contribution in [-0.2, 0) is 13.3 Å². The van der Waals surface area contributed by atoms with Gasteiger partial charge in [-0.05, 0) is 12.1 Å². The van der Waals surface area contributed by atoms with Crippen LogP contribution >= 0.6 is 0 Å². The molecule has 0 unspecified atom stereocenters. The van der Waals surface area contributed by atoms with Crippen molar-refractivity contribution in [1.29, 1.82) is 0 Å². The Labute approximate surface area is 197 Å². The SMILES string of the molecule is O=C(O)c1cc2nc(-c3cnn(CF)c3)c(N3CCN(Cc4ccc(F)cc4F)CC3)nc2cn1. The zero-order chi connectivity index (χ0) is 24.5. The minimum atomic E-state index is -1.18. The second kappa shape index (κ2) is 9.29. The monoisotopic (exact) mass is 483 g/mol. The van der Waals surface area contributed by atoms with Gasteiger partial charge in [0.1, 0.15) is 28.5 Å². The van der Waals surface area contributed by atoms with Crippen molar-refractivity contribution in [3.8, 4) is 11.3 Å². The fourth-order valence-electron chi connectivity index (χ4n) is 4.04. The number of piperazine rings is 1. The summed E-state index contributed by atoms with van der Waals surface area (Å²) >= 11 is 0. The molecule has 4 aromatic rings. The maximum absolute atomic E-state index is 14.1. The van der Waals surface area contributed by atoms with E-state index in [-0.39, 0.29) is 5.69 Å². The number of hydrogen-bond acceptors (Lipinski definition) is 7. The Morgan fingerprint density at radius 2 is 1.83 bits per heavy atom. The van der Waals surface area contributed by atoms with Crippen LogP contribution < -0.4 is 4.90 Å². The first kappa shape index (κ1) is 22.7. The normalized spacial score (nSPS) is 14.5. The summed E-state index contributed by atoms with van der Waals surface area (Å²) in [4.78, 5) is 28.7. The summed E-state index contributed by atoms with van der Waals surface area (Å²) in [6, 6.07) is 4.91. The molecule has 1 N–H and O–H groups in total. The van der Waals surface area contributed by atoms with Crippen LogP contribution in [0.2, 0.25) is 0 Å². The van der Waals surface area contributed by atoms with Crippen LogP contribution in [-0.4, -0.2) is 66.9 Å². The number of aromatic nitrogens is 5. The van der Waals surface area contributed by atoms with Gasteiger partial charge in [-0.15, -0.1) is 0 Å². The molecule has 1 aliphatic rings. The molecule has 5 rings (SSSR count). The number of rotatable bonds is 6. The maximum Gasteiger partial charge on any atom is 0.354 e. The van der Waals surface area contributed by atoms with Crippen molar-refractivity contribution in [3.05, 3.63) is 65.7 Å². The topological polar surface area (TPSA) is 100 Å². The molecule has 0 radical (unpaired) electrons. The molecule has 9 nitrogen and oxygen atoms in total. The van der Waals surface area contributed by atoms with E-state index < -0.39 is 24.4 Å². The largest absolute Gasteiger partial charge is 0.477 e. The summed E-state index contributed by atoms with van der Waals surface area (Å²) in [6.07, 6.45) is 4.34. The van der Waals surface area contributed by atoms with Gasteiger partial charge in [-0.2, -0.15) is 5.10 Å². The fourth-order valence-corrected chi connectivity index (χ4v) is 4.04. The van der Waals surface area contributed by atoms with Gasteiger partial charge in [0, 0.05) is 56.1 Å². The van der Waals surface area contributed by atoms with Crippen molar-refractivity contribution in [1.82, 2.24) is 29.6 Å². The lowest BCUT2D eigenvalue weighted by Gasteiger charge is -2.36. The first-order valence-corrected chi connectivity index (χ1v) is 10.8. The van der Waals surface area contributed by atoms with Crippen molar-refractivity contribution < 1.29 is 23.1 Å². The van der Waals surface area contributed by atoms with Gasteiger partial charge >= 0.3 is 5.97 Å². The predicted molar refractivity (Wildman–Crippen MR) is 120 cm³/mol. The number of alkyl halides is 1. The summed E-state index contributed by atoms with van der Waals surface area (Å²) in [5, 5.41) is 13.2. The van der Waals surface area contributed by atoms with Crippen molar-refractivity contribution in [3.63, 3.8) is 0 Å². The van der Waals surface area contributed by atoms with E-state index in [1.807, 2.05) is 4.90 Å². The average Bonchev–Trinajstić information content (AvgIpc) is 3.34. The molecule has 35 heavy (non-hydrogen) atoms. The Morgan fingerprint density at radius 1 is 1.03 bits per heavy atom. The first-order valence-electron chi connectivity index (χ1n) is 10.8. The van der Waals surface area contributed by atoms with Crippen molar-refractivity contribution in [2.24, 2.45) is 0 Å². The van der Waals surface area contributed by atoms with Crippen LogP contribution in [0.3, 0.4) is 0 Å². The molecule has 180 valence electrons. The highest BCUT2D eigenvalue weighted by molar-refractivity contribution is 5.91. The molecular weight excluding hydrogens is 463 g/mol. The molecule has 0 spiro atoms. The third-order valence-electron chi connectivity index (χ3n) is 5.86. The third-order valence-corrected chi connectivity index (χ3v) is 5.86. The van der Waals surface area contributed by atoms with Crippen molar-refractivity contribution in [2.75, 3.05) is 31.1 Å². The Hall–Kier alpha value is -4.06. The lowest BCUT2D eigenvalue weighted by atomic mass is 10.1. The molecule has 0 aliphatic carbocycles. The molecule has 1 aliphatic heterocycles. The number of carboxylic acid groups (broad SMARTS) is 1. The minimum Gasteiger partial charge on any atom is -0.477 e. The third kappa shape index (κ3) is 4.64. The number of fused-ring (bicyclic) bond motifs is 1. The van der Waals surface area contributed by atoms with Crippen LogP contribution in [0, 0.1) is 11.6 Å². The Bertz CT molecular complexity index is 1400. The second-order valence-corrected chi connectivity index (χ2v) is 8.15. The summed E-state index contributed by atoms with van der Waals surface area (Å²) in [7, 11) is 0. The van der Waals surface area contributed by atoms with Gasteiger partial charge in [0.15, 0.2) is 12.6 Å². The van der Waals surface area contributed by atoms with Gasteiger partial charge in [-0.25, -0.2) is 37.6 Å². The number of anilines is 1. The zero-order valence-electron chi connectivity index (χ0n) is 18.4. The van der Waals surface area contributed by atoms with E-state index in [1.54, 1.807) is 0 Å². The van der Waals surface area contributed by atoms with E-state index in [0.29, 0.717) is 66.4 Å². The molecule has 0 bridgehead atoms. The van der Waals surface area contributed by atoms with Crippen molar-refractivity contribution in [2.45, 2.75) is 13.3 Å². The zero-order valence-corrected chi connectivity index (χ0v) is 18.4. The number of hydrogen-bond donors (Lipinski definition) is 1. The molecular formula is C23H20F3N7O2. The Kier molecular flexibility index (Phi) is 6.03. The van der Waals surface area contributed by atoms with E-state index >= 15 is 0 Å². The summed E-state index contributed by atoms with van der Waals surface area (Å²) in [5.41, 5.74) is 2.00. The number of benzene rings is 1. The predicted octanol–water partition coefficient (Wildman–Crippen LogP) is 3.11. The summed E-state index contributed by atoms with van der Waals surface area (Å²) in [6.45, 7) is 1.83. The van der Waals surface area contributed by atoms with Crippen molar-refractivity contribution >= 4 is 22.8 Å². The van der Waals surface area contributed by atoms with Crippen LogP contribution in [0.15, 0.2) is 42.9 Å². The van der Waals surface area contributed by atoms with E-state index in [4.69, 9.17) is 4.98 Å². The molecule has 0 saturated carbocycles. The van der Waals surface area contributed by atoms with Crippen LogP contribution in [0.4, 0.5) is 19.0 Å². The lowest BCUT2D eigenvalue weighted by molar-refractivity contribution is 0.0690. The molecule has 1 aromatic carbocycles. The highest BCUT2D eigenvalue weighted by atomic mass is 19.1. The number of nitrogens with zero attached hydrogens (tertiary/aromatic N) is 7. The minimum absolute atomic E-state index is 0.161. The second-order valence-electron chi connectivity index (χ2n) is 8.15. The highest BCUT2D eigenvalue weighted by Crippen LogP contribution is 2.30. The van der Waals surface area contributed by atoms with E-state index in [9.17, 15) is 23.1 Å². The number of pyridine rings is 1. The van der Waals surface area contributed by atoms with E-state index in [1.165, 1.54) is 36.8 Å². The van der Waals surface area contributed by atoms with Crippen LogP contribution in [0.1, 0.15) is 16.1 Å². The smallest absolute Gasteiger partial charge is 0.354 e. The Balaban J connectivity index is 1.44. The fraction of sp³-hybridized carbons (Fsp3) is 0.261. The van der Waals surface area contributed by atoms with Crippen LogP contribution in [0.25, 0.3) is 22.3 Å². The van der Waals surface area contributed by atoms with Gasteiger partial charge < -0.3 is 10.0 Å². The number of carbonyl (C=O) groups is 1. The molecule has 1 saturated heterocycles. The standard InChI is InChI=1S/C23H20F3N7O2/c24-13-33-12-15(9-28-33)21-22(30-20-10-27-19(23(34)35)8-18(20)29-21)32-5-3-31(4-6-32)11-14-1-2-16(25)7-17(14)26/h1-2,7-10,12H,3-6,11,13H2,(H,34,35). The van der Waals surface area contributed by atoms with Gasteiger partial charge in [-0.3, -0.25) is 4.90 Å². The van der Waals surface area contributed by atoms with E-state index in [2.05, 4.69) is 20.0 Å². The average molecular weight is 483 g/mol. The van der Waals surface area contributed by atoms with Gasteiger partial charge in [0.2, 0.25) is 0 Å². The molecule has 1 fully saturated rings. The molecule has 4 heterocycles. The number of carboxylic acids is 1. The molecule has 12 heteroatoms. The summed E-state index contributed by atoms with van der Waals surface area (Å²) in [5.74, 6) is -1.83. The van der Waals surface area contributed by atoms with Gasteiger partial charge in [-0.1, -0.05) is 6.07 Å². The molecule has 0 atom stereocenters. The maximum atomic E-state index is 14.1. The molecule has 3 aromatic heterocycles. The quantitative estimate of drug-likeness (QED) is 0.447. The first-order chi connectivity index (χ1) is 16.9. The summed E-state index contributed by atoms with van der Waals surface area (Å²) < 4.78 is 41.5. The highest BCUT2D eigenvalue weighted by Gasteiger charge is 2.24. The van der Waals surface area contributed by atoms with Gasteiger partial charge in [0.25, 0.3) is 0 Å². The lowest BCUT2D eigenvalue weighted by Crippen LogP contribution is -2.46. The van der Waals surface area contributed by atoms with E-state index in [0.717, 1.165) is 10.7 Å². The molecule has 0 amide bonds.